The van der Waals surface area contributed by atoms with Gasteiger partial charge in [-0.05, 0) is 38.0 Å². The molecule has 0 radical (unpaired) electrons. The van der Waals surface area contributed by atoms with Gasteiger partial charge in [0.05, 0.1) is 0 Å². The van der Waals surface area contributed by atoms with Gasteiger partial charge in [-0.2, -0.15) is 0 Å². The molecule has 0 saturated heterocycles. The van der Waals surface area contributed by atoms with Gasteiger partial charge in [0.1, 0.15) is 0 Å². The third-order valence-corrected chi connectivity index (χ3v) is 2.31. The van der Waals surface area contributed by atoms with Crippen molar-refractivity contribution in [2.24, 2.45) is 11.8 Å². The maximum absolute atomic E-state index is 3.81. The van der Waals surface area contributed by atoms with Gasteiger partial charge in [0.2, 0.25) is 0 Å². The van der Waals surface area contributed by atoms with E-state index in [1.165, 1.54) is 19.3 Å². The van der Waals surface area contributed by atoms with Crippen LogP contribution in [0.5, 0.6) is 0 Å². The maximum atomic E-state index is 3.81. The average Bonchev–Trinajstić information content (AvgIpc) is 2.37. The fourth-order valence-electron chi connectivity index (χ4n) is 1.71. The van der Waals surface area contributed by atoms with Crippen molar-refractivity contribution in [2.75, 3.05) is 0 Å². The molecule has 0 N–H and O–H groups in total. The van der Waals surface area contributed by atoms with E-state index in [4.69, 9.17) is 0 Å². The molecule has 1 saturated carbocycles. The van der Waals surface area contributed by atoms with E-state index < -0.39 is 0 Å². The summed E-state index contributed by atoms with van der Waals surface area (Å²) in [5.41, 5.74) is 0. The quantitative estimate of drug-likeness (QED) is 0.511. The summed E-state index contributed by atoms with van der Waals surface area (Å²) in [7, 11) is 0. The van der Waals surface area contributed by atoms with Crippen LogP contribution in [0.1, 0.15) is 26.2 Å². The summed E-state index contributed by atoms with van der Waals surface area (Å²) in [6.07, 6.45) is 10.6. The van der Waals surface area contributed by atoms with E-state index >= 15 is 0 Å². The Morgan fingerprint density at radius 2 is 2.00 bits per heavy atom. The van der Waals surface area contributed by atoms with Crippen LogP contribution in [0.25, 0.3) is 0 Å². The molecule has 1 rings (SSSR count). The number of rotatable bonds is 2. The van der Waals surface area contributed by atoms with E-state index in [2.05, 4.69) is 31.7 Å². The van der Waals surface area contributed by atoms with E-state index in [-0.39, 0.29) is 0 Å². The first-order valence-electron chi connectivity index (χ1n) is 4.12. The molecular formula is C10H16. The molecule has 1 aliphatic carbocycles. The van der Waals surface area contributed by atoms with E-state index in [1.54, 1.807) is 0 Å². The number of allylic oxidation sites excluding steroid dienone is 3. The van der Waals surface area contributed by atoms with Crippen LogP contribution in [-0.2, 0) is 0 Å². The molecule has 0 nitrogen and oxygen atoms in total. The van der Waals surface area contributed by atoms with Crippen LogP contribution in [0.15, 0.2) is 24.8 Å². The van der Waals surface area contributed by atoms with Crippen molar-refractivity contribution in [2.45, 2.75) is 26.2 Å². The smallest absolute Gasteiger partial charge is 0.0228 e. The Morgan fingerprint density at radius 3 is 2.50 bits per heavy atom. The predicted octanol–water partition coefficient (Wildman–Crippen LogP) is 3.16. The molecule has 10 heavy (non-hydrogen) atoms. The van der Waals surface area contributed by atoms with Gasteiger partial charge >= 0.3 is 0 Å². The Morgan fingerprint density at radius 1 is 1.30 bits per heavy atom. The fourth-order valence-corrected chi connectivity index (χ4v) is 1.71. The number of hydrogen-bond donors (Lipinski definition) is 0. The van der Waals surface area contributed by atoms with Crippen LogP contribution in [0.2, 0.25) is 0 Å². The zero-order chi connectivity index (χ0) is 7.40. The van der Waals surface area contributed by atoms with Gasteiger partial charge in [0, 0.05) is 0 Å². The van der Waals surface area contributed by atoms with E-state index in [9.17, 15) is 0 Å². The molecule has 0 spiro atoms. The van der Waals surface area contributed by atoms with Gasteiger partial charge in [-0.25, -0.2) is 0 Å². The molecule has 0 bridgehead atoms. The van der Waals surface area contributed by atoms with E-state index in [0.29, 0.717) is 0 Å². The summed E-state index contributed by atoms with van der Waals surface area (Å²) in [6, 6.07) is 0. The van der Waals surface area contributed by atoms with Gasteiger partial charge in [-0.15, -0.1) is 6.58 Å². The highest BCUT2D eigenvalue weighted by atomic mass is 14.2. The van der Waals surface area contributed by atoms with Crippen molar-refractivity contribution in [1.82, 2.24) is 0 Å². The predicted molar refractivity (Wildman–Crippen MR) is 45.8 cm³/mol. The lowest BCUT2D eigenvalue weighted by atomic mass is 10.1. The summed E-state index contributed by atoms with van der Waals surface area (Å²) >= 11 is 0. The molecule has 0 aliphatic heterocycles. The van der Waals surface area contributed by atoms with Crippen LogP contribution in [0, 0.1) is 11.8 Å². The lowest BCUT2D eigenvalue weighted by Gasteiger charge is -2.00. The Hall–Kier alpha value is -0.520. The van der Waals surface area contributed by atoms with Gasteiger partial charge in [0.15, 0.2) is 0 Å². The van der Waals surface area contributed by atoms with Gasteiger partial charge < -0.3 is 0 Å². The third-order valence-electron chi connectivity index (χ3n) is 2.31. The highest BCUT2D eigenvalue weighted by Crippen LogP contribution is 2.31. The molecule has 0 aromatic rings. The van der Waals surface area contributed by atoms with Crippen LogP contribution in [0.4, 0.5) is 0 Å². The molecule has 0 amide bonds. The first-order chi connectivity index (χ1) is 4.86. The molecule has 2 unspecified atom stereocenters. The Kier molecular flexibility index (Phi) is 2.73. The lowest BCUT2D eigenvalue weighted by Crippen LogP contribution is -1.88. The fraction of sp³-hybridized carbons (Fsp3) is 0.600. The van der Waals surface area contributed by atoms with Crippen molar-refractivity contribution < 1.29 is 0 Å². The molecule has 0 aromatic carbocycles. The van der Waals surface area contributed by atoms with Crippen molar-refractivity contribution in [3.8, 4) is 0 Å². The summed E-state index contributed by atoms with van der Waals surface area (Å²) in [4.78, 5) is 0. The van der Waals surface area contributed by atoms with E-state index in [1.807, 2.05) is 0 Å². The molecule has 0 aromatic heterocycles. The minimum absolute atomic E-state index is 0.793. The van der Waals surface area contributed by atoms with Crippen LogP contribution in [-0.4, -0.2) is 0 Å². The van der Waals surface area contributed by atoms with E-state index in [0.717, 1.165) is 11.8 Å². The van der Waals surface area contributed by atoms with Crippen LogP contribution < -0.4 is 0 Å². The largest absolute Gasteiger partial charge is 0.103 e. The van der Waals surface area contributed by atoms with Crippen molar-refractivity contribution in [3.05, 3.63) is 24.8 Å². The minimum Gasteiger partial charge on any atom is -0.103 e. The third kappa shape index (κ3) is 1.73. The monoisotopic (exact) mass is 136 g/mol. The standard InChI is InChI=1S/C10H16/c1-3-5-10-7-6-9(4-2)8-10/h3-5,9-10H,2,6-8H2,1H3/b5-3-. The average molecular weight is 136 g/mol. The van der Waals surface area contributed by atoms with Crippen molar-refractivity contribution >= 4 is 0 Å². The van der Waals surface area contributed by atoms with Gasteiger partial charge in [0.25, 0.3) is 0 Å². The molecule has 1 aliphatic rings. The summed E-state index contributed by atoms with van der Waals surface area (Å²) < 4.78 is 0. The first-order valence-corrected chi connectivity index (χ1v) is 4.12. The minimum atomic E-state index is 0.793. The highest BCUT2D eigenvalue weighted by molar-refractivity contribution is 4.95. The maximum Gasteiger partial charge on any atom is -0.0228 e. The molecule has 0 heterocycles. The molecule has 0 heteroatoms. The summed E-state index contributed by atoms with van der Waals surface area (Å²) in [5.74, 6) is 1.63. The van der Waals surface area contributed by atoms with Crippen LogP contribution in [0.3, 0.4) is 0 Å². The van der Waals surface area contributed by atoms with Crippen molar-refractivity contribution in [3.63, 3.8) is 0 Å². The second kappa shape index (κ2) is 3.60. The summed E-state index contributed by atoms with van der Waals surface area (Å²) in [5, 5.41) is 0. The second-order valence-corrected chi connectivity index (χ2v) is 3.09. The van der Waals surface area contributed by atoms with Gasteiger partial charge in [-0.3, -0.25) is 0 Å². The summed E-state index contributed by atoms with van der Waals surface area (Å²) in [6.45, 7) is 5.91. The Labute approximate surface area is 63.6 Å². The molecular weight excluding hydrogens is 120 g/mol. The second-order valence-electron chi connectivity index (χ2n) is 3.09. The topological polar surface area (TPSA) is 0 Å². The molecule has 1 fully saturated rings. The van der Waals surface area contributed by atoms with Gasteiger partial charge in [-0.1, -0.05) is 18.2 Å². The normalized spacial score (nSPS) is 33.3. The Bertz CT molecular complexity index is 133. The molecule has 56 valence electrons. The molecule has 2 atom stereocenters. The van der Waals surface area contributed by atoms with Crippen LogP contribution >= 0.6 is 0 Å². The zero-order valence-corrected chi connectivity index (χ0v) is 6.72. The highest BCUT2D eigenvalue weighted by Gasteiger charge is 2.19. The van der Waals surface area contributed by atoms with Crippen molar-refractivity contribution in [1.29, 1.82) is 0 Å². The first kappa shape index (κ1) is 7.59. The SMILES string of the molecule is C=CC1CCC(/C=C\C)C1. The zero-order valence-electron chi connectivity index (χ0n) is 6.72. The lowest BCUT2D eigenvalue weighted by molar-refractivity contribution is 0.639. The Balaban J connectivity index is 2.35. The number of hydrogen-bond acceptors (Lipinski definition) is 0.